The third-order valence-corrected chi connectivity index (χ3v) is 6.80. The first-order chi connectivity index (χ1) is 14.1. The van der Waals surface area contributed by atoms with E-state index in [9.17, 15) is 14.7 Å². The zero-order chi connectivity index (χ0) is 20.3. The van der Waals surface area contributed by atoms with Crippen molar-refractivity contribution in [3.05, 3.63) is 18.5 Å². The summed E-state index contributed by atoms with van der Waals surface area (Å²) in [7, 11) is 0. The number of carbonyl (C=O) groups excluding carboxylic acids is 2. The zero-order valence-corrected chi connectivity index (χ0v) is 18.2. The first kappa shape index (κ1) is 22.9. The number of anilines is 1. The van der Waals surface area contributed by atoms with E-state index in [0.717, 1.165) is 77.2 Å². The second kappa shape index (κ2) is 10.0. The predicted molar refractivity (Wildman–Crippen MR) is 115 cm³/mol. The van der Waals surface area contributed by atoms with Crippen molar-refractivity contribution in [2.75, 3.05) is 44.2 Å². The van der Waals surface area contributed by atoms with Crippen molar-refractivity contribution in [1.29, 1.82) is 0 Å². The molecule has 1 N–H and O–H groups in total. The highest BCUT2D eigenvalue weighted by Gasteiger charge is 2.51. The molecule has 3 fully saturated rings. The van der Waals surface area contributed by atoms with Crippen LogP contribution < -0.4 is 4.90 Å². The van der Waals surface area contributed by atoms with Gasteiger partial charge in [-0.1, -0.05) is 12.8 Å². The van der Waals surface area contributed by atoms with E-state index in [2.05, 4.69) is 19.8 Å². The highest BCUT2D eigenvalue weighted by molar-refractivity contribution is 6.01. The van der Waals surface area contributed by atoms with E-state index in [-0.39, 0.29) is 24.2 Å². The lowest BCUT2D eigenvalue weighted by atomic mass is 9.83. The van der Waals surface area contributed by atoms with E-state index < -0.39 is 11.5 Å². The van der Waals surface area contributed by atoms with Gasteiger partial charge in [-0.2, -0.15) is 0 Å². The molecular weight excluding hydrogens is 412 g/mol. The molecule has 1 aromatic heterocycles. The number of piperazine rings is 1. The number of rotatable bonds is 6. The lowest BCUT2D eigenvalue weighted by molar-refractivity contribution is -0.166. The molecule has 1 spiro atoms. The third-order valence-electron chi connectivity index (χ3n) is 6.80. The molecule has 0 radical (unpaired) electrons. The lowest BCUT2D eigenvalue weighted by Crippen LogP contribution is -2.56. The number of carbonyl (C=O) groups is 2. The molecule has 4 rings (SSSR count). The van der Waals surface area contributed by atoms with E-state index >= 15 is 0 Å². The predicted octanol–water partition coefficient (Wildman–Crippen LogP) is 1.48. The van der Waals surface area contributed by atoms with Gasteiger partial charge >= 0.3 is 0 Å². The van der Waals surface area contributed by atoms with Gasteiger partial charge in [-0.05, 0) is 38.3 Å². The van der Waals surface area contributed by atoms with Gasteiger partial charge in [-0.3, -0.25) is 19.4 Å². The van der Waals surface area contributed by atoms with Gasteiger partial charge < -0.3 is 10.0 Å². The van der Waals surface area contributed by atoms with Gasteiger partial charge in [0, 0.05) is 57.0 Å². The molecule has 8 nitrogen and oxygen atoms in total. The van der Waals surface area contributed by atoms with Crippen LogP contribution in [0.5, 0.6) is 0 Å². The first-order valence-corrected chi connectivity index (χ1v) is 10.9. The van der Waals surface area contributed by atoms with E-state index in [1.807, 2.05) is 6.07 Å². The quantitative estimate of drug-likeness (QED) is 0.526. The molecular formula is C21H32ClN5O3. The molecule has 30 heavy (non-hydrogen) atoms. The molecule has 2 aliphatic heterocycles. The van der Waals surface area contributed by atoms with Crippen LogP contribution in [0, 0.1) is 5.41 Å². The summed E-state index contributed by atoms with van der Waals surface area (Å²) in [5.74, 6) is 0.311. The summed E-state index contributed by atoms with van der Waals surface area (Å²) in [5.41, 5.74) is -0.479. The average Bonchev–Trinajstić information content (AvgIpc) is 3.22. The normalized spacial score (nSPS) is 24.4. The number of aliphatic hydroxyl groups is 1. The fraction of sp³-hybridized carbons (Fsp3) is 0.714. The third kappa shape index (κ3) is 4.76. The highest BCUT2D eigenvalue weighted by atomic mass is 35.5. The number of aliphatic hydroxyl groups excluding tert-OH is 1. The van der Waals surface area contributed by atoms with Crippen molar-refractivity contribution in [1.82, 2.24) is 19.8 Å². The summed E-state index contributed by atoms with van der Waals surface area (Å²) in [5, 5.41) is 10.5. The Balaban J connectivity index is 0.00000256. The van der Waals surface area contributed by atoms with E-state index in [1.165, 1.54) is 4.90 Å². The average molecular weight is 444 g/mol. The molecule has 1 unspecified atom stereocenters. The topological polar surface area (TPSA) is 89.9 Å². The van der Waals surface area contributed by atoms with E-state index in [0.29, 0.717) is 13.0 Å². The number of amides is 2. The Bertz CT molecular complexity index is 721. The summed E-state index contributed by atoms with van der Waals surface area (Å²) >= 11 is 0. The minimum Gasteiger partial charge on any atom is -0.383 e. The monoisotopic (exact) mass is 443 g/mol. The number of halogens is 1. The van der Waals surface area contributed by atoms with Crippen molar-refractivity contribution in [2.45, 2.75) is 51.0 Å². The van der Waals surface area contributed by atoms with Crippen LogP contribution in [0.3, 0.4) is 0 Å². The Kier molecular flexibility index (Phi) is 7.65. The molecule has 3 aliphatic rings. The van der Waals surface area contributed by atoms with Crippen molar-refractivity contribution >= 4 is 30.2 Å². The Morgan fingerprint density at radius 2 is 1.63 bits per heavy atom. The Morgan fingerprint density at radius 3 is 2.30 bits per heavy atom. The largest absolute Gasteiger partial charge is 0.383 e. The number of hydrogen-bond acceptors (Lipinski definition) is 7. The van der Waals surface area contributed by atoms with Gasteiger partial charge in [0.05, 0.1) is 0 Å². The second-order valence-corrected chi connectivity index (χ2v) is 8.62. The maximum atomic E-state index is 12.6. The molecule has 1 saturated carbocycles. The maximum Gasteiger partial charge on any atom is 0.258 e. The molecule has 166 valence electrons. The summed E-state index contributed by atoms with van der Waals surface area (Å²) in [6.07, 6.45) is 8.15. The molecule has 1 atom stereocenters. The molecule has 9 heteroatoms. The molecule has 1 aromatic rings. The van der Waals surface area contributed by atoms with Gasteiger partial charge in [-0.25, -0.2) is 9.97 Å². The number of aromatic nitrogens is 2. The Labute approximate surface area is 184 Å². The zero-order valence-electron chi connectivity index (χ0n) is 17.4. The van der Waals surface area contributed by atoms with E-state index in [4.69, 9.17) is 0 Å². The molecule has 2 saturated heterocycles. The number of imide groups is 1. The summed E-state index contributed by atoms with van der Waals surface area (Å²) in [6, 6.07) is 1.82. The molecule has 3 heterocycles. The SMILES string of the molecule is Cl.O=[14C]1CC2(CCCC2)C(O)[14C](=O)N1CCCCN1CCN([14c]2ncccn2)CC1. The van der Waals surface area contributed by atoms with Crippen LogP contribution in [0.1, 0.15) is 44.9 Å². The number of unbranched alkanes of at least 4 members (excludes halogenated alkanes) is 1. The van der Waals surface area contributed by atoms with Crippen LogP contribution in [0.4, 0.5) is 5.95 Å². The summed E-state index contributed by atoms with van der Waals surface area (Å²) < 4.78 is 0. The fourth-order valence-electron chi connectivity index (χ4n) is 5.02. The minimum absolute atomic E-state index is 0. The van der Waals surface area contributed by atoms with Crippen LogP contribution in [0.2, 0.25) is 0 Å². The van der Waals surface area contributed by atoms with Gasteiger partial charge in [0.1, 0.15) is 6.10 Å². The molecule has 0 bridgehead atoms. The molecule has 0 aromatic carbocycles. The molecule has 2 amide bonds. The number of likely N-dealkylation sites (tertiary alicyclic amines) is 1. The number of nitrogens with zero attached hydrogens (tertiary/aromatic N) is 5. The Hall–Kier alpha value is -1.77. The van der Waals surface area contributed by atoms with Crippen molar-refractivity contribution in [3.63, 3.8) is 0 Å². The van der Waals surface area contributed by atoms with Crippen LogP contribution in [-0.2, 0) is 9.59 Å². The highest BCUT2D eigenvalue weighted by Crippen LogP contribution is 2.47. The Morgan fingerprint density at radius 1 is 1.00 bits per heavy atom. The smallest absolute Gasteiger partial charge is 0.258 e. The van der Waals surface area contributed by atoms with Crippen molar-refractivity contribution in [2.24, 2.45) is 5.41 Å². The van der Waals surface area contributed by atoms with Crippen LogP contribution >= 0.6 is 12.4 Å². The molecule has 1 aliphatic carbocycles. The van der Waals surface area contributed by atoms with Crippen molar-refractivity contribution < 1.29 is 14.7 Å². The first-order valence-electron chi connectivity index (χ1n) is 10.9. The van der Waals surface area contributed by atoms with Gasteiger partial charge in [-0.15, -0.1) is 12.4 Å². The van der Waals surface area contributed by atoms with Gasteiger partial charge in [0.2, 0.25) is 11.9 Å². The minimum atomic E-state index is -1.00. The van der Waals surface area contributed by atoms with Crippen LogP contribution in [-0.4, -0.2) is 82.1 Å². The number of piperidine rings is 1. The lowest BCUT2D eigenvalue weighted by Gasteiger charge is -2.41. The summed E-state index contributed by atoms with van der Waals surface area (Å²) in [6.45, 7) is 5.10. The maximum absolute atomic E-state index is 12.6. The standard InChI is InChI=1S/C21H31N5O3.ClH/c27-17-16-21(6-1-2-7-21)18(28)19(29)26(17)11-4-3-10-24-12-14-25(15-13-24)20-22-8-5-9-23-20;/h5,8-9,18,28H,1-4,6-7,10-16H2;1H/i17+2,19+2,20+2;. The van der Waals surface area contributed by atoms with E-state index in [1.54, 1.807) is 12.4 Å². The summed E-state index contributed by atoms with van der Waals surface area (Å²) in [4.78, 5) is 39.7. The second-order valence-electron chi connectivity index (χ2n) is 8.62. The fourth-order valence-corrected chi connectivity index (χ4v) is 5.02. The van der Waals surface area contributed by atoms with Crippen molar-refractivity contribution in [3.8, 4) is 0 Å². The van der Waals surface area contributed by atoms with Crippen LogP contribution in [0.15, 0.2) is 18.5 Å². The van der Waals surface area contributed by atoms with Gasteiger partial charge in [0.25, 0.3) is 5.91 Å². The van der Waals surface area contributed by atoms with Gasteiger partial charge in [0.15, 0.2) is 0 Å². The van der Waals surface area contributed by atoms with Crippen LogP contribution in [0.25, 0.3) is 0 Å². The number of hydrogen-bond donors (Lipinski definition) is 1.